The number of anilines is 1. The van der Waals surface area contributed by atoms with Crippen LogP contribution in [0.1, 0.15) is 24.5 Å². The van der Waals surface area contributed by atoms with Crippen molar-refractivity contribution in [2.24, 2.45) is 0 Å². The van der Waals surface area contributed by atoms with E-state index in [2.05, 4.69) is 4.72 Å². The molecule has 0 bridgehead atoms. The Morgan fingerprint density at radius 2 is 2.00 bits per heavy atom. The van der Waals surface area contributed by atoms with Gasteiger partial charge in [-0.15, -0.1) is 0 Å². The Kier molecular flexibility index (Phi) is 5.75. The van der Waals surface area contributed by atoms with Gasteiger partial charge < -0.3 is 15.6 Å². The van der Waals surface area contributed by atoms with Crippen molar-refractivity contribution in [1.29, 1.82) is 0 Å². The largest absolute Gasteiger partial charge is 0.398 e. The minimum absolute atomic E-state index is 0.0917. The maximum Gasteiger partial charge on any atom is 0.240 e. The molecule has 0 aliphatic rings. The summed E-state index contributed by atoms with van der Waals surface area (Å²) in [5, 5.41) is 10.1. The van der Waals surface area contributed by atoms with Crippen LogP contribution >= 0.6 is 0 Å². The standard InChI is InChI=1S/C14H24N2O4S/c1-10-7-12(8-13(15)11(10)2)21(18,19)16-9-14(3,17)5-6-20-4/h7-8,16-17H,5-6,9,15H2,1-4H3. The highest BCUT2D eigenvalue weighted by molar-refractivity contribution is 7.89. The van der Waals surface area contributed by atoms with Crippen molar-refractivity contribution in [3.63, 3.8) is 0 Å². The van der Waals surface area contributed by atoms with Crippen molar-refractivity contribution < 1.29 is 18.3 Å². The fourth-order valence-electron chi connectivity index (χ4n) is 1.75. The summed E-state index contributed by atoms with van der Waals surface area (Å²) in [5.41, 5.74) is 6.74. The monoisotopic (exact) mass is 316 g/mol. The lowest BCUT2D eigenvalue weighted by Gasteiger charge is -2.23. The van der Waals surface area contributed by atoms with E-state index >= 15 is 0 Å². The van der Waals surface area contributed by atoms with Gasteiger partial charge in [0.15, 0.2) is 0 Å². The molecule has 0 radical (unpaired) electrons. The number of methoxy groups -OCH3 is 1. The Labute approximate surface area is 126 Å². The van der Waals surface area contributed by atoms with Gasteiger partial charge in [-0.2, -0.15) is 0 Å². The first-order valence-electron chi connectivity index (χ1n) is 6.67. The van der Waals surface area contributed by atoms with Crippen LogP contribution in [0.4, 0.5) is 5.69 Å². The van der Waals surface area contributed by atoms with Crippen LogP contribution in [0.2, 0.25) is 0 Å². The molecule has 0 spiro atoms. The first-order chi connectivity index (χ1) is 9.59. The number of hydrogen-bond donors (Lipinski definition) is 3. The highest BCUT2D eigenvalue weighted by Gasteiger charge is 2.24. The van der Waals surface area contributed by atoms with Crippen molar-refractivity contribution in [2.75, 3.05) is 26.0 Å². The Bertz CT molecular complexity index is 574. The molecule has 0 amide bonds. The molecule has 6 nitrogen and oxygen atoms in total. The van der Waals surface area contributed by atoms with Gasteiger partial charge in [0.05, 0.1) is 10.5 Å². The number of rotatable bonds is 7. The lowest BCUT2D eigenvalue weighted by Crippen LogP contribution is -2.41. The summed E-state index contributed by atoms with van der Waals surface area (Å²) in [5.74, 6) is 0. The second-order valence-corrected chi connectivity index (χ2v) is 7.29. The van der Waals surface area contributed by atoms with Crippen molar-refractivity contribution >= 4 is 15.7 Å². The fraction of sp³-hybridized carbons (Fsp3) is 0.571. The molecule has 0 saturated heterocycles. The van der Waals surface area contributed by atoms with Crippen LogP contribution in [0, 0.1) is 13.8 Å². The average molecular weight is 316 g/mol. The molecule has 0 aromatic heterocycles. The molecule has 1 unspecified atom stereocenters. The third-order valence-corrected chi connectivity index (χ3v) is 4.86. The first kappa shape index (κ1) is 17.9. The minimum Gasteiger partial charge on any atom is -0.398 e. The summed E-state index contributed by atoms with van der Waals surface area (Å²) in [4.78, 5) is 0.102. The molecular formula is C14H24N2O4S. The molecule has 7 heteroatoms. The molecule has 1 aromatic rings. The molecule has 0 fully saturated rings. The Morgan fingerprint density at radius 1 is 1.38 bits per heavy atom. The number of hydrogen-bond acceptors (Lipinski definition) is 5. The maximum atomic E-state index is 12.3. The van der Waals surface area contributed by atoms with Crippen LogP contribution in [0.15, 0.2) is 17.0 Å². The molecule has 120 valence electrons. The second kappa shape index (κ2) is 6.74. The zero-order chi connectivity index (χ0) is 16.3. The zero-order valence-electron chi connectivity index (χ0n) is 12.9. The van der Waals surface area contributed by atoms with Crippen molar-refractivity contribution in [1.82, 2.24) is 4.72 Å². The zero-order valence-corrected chi connectivity index (χ0v) is 13.8. The van der Waals surface area contributed by atoms with E-state index < -0.39 is 15.6 Å². The van der Waals surface area contributed by atoms with Crippen LogP contribution in [-0.4, -0.2) is 39.4 Å². The van der Waals surface area contributed by atoms with Crippen LogP contribution in [0.5, 0.6) is 0 Å². The van der Waals surface area contributed by atoms with E-state index in [1.807, 2.05) is 6.92 Å². The Morgan fingerprint density at radius 3 is 2.52 bits per heavy atom. The smallest absolute Gasteiger partial charge is 0.240 e. The predicted octanol–water partition coefficient (Wildman–Crippen LogP) is 0.951. The van der Waals surface area contributed by atoms with E-state index in [0.29, 0.717) is 18.7 Å². The summed E-state index contributed by atoms with van der Waals surface area (Å²) >= 11 is 0. The quantitative estimate of drug-likeness (QED) is 0.650. The van der Waals surface area contributed by atoms with Crippen molar-refractivity contribution in [3.05, 3.63) is 23.3 Å². The van der Waals surface area contributed by atoms with E-state index in [9.17, 15) is 13.5 Å². The van der Waals surface area contributed by atoms with Gasteiger partial charge in [-0.25, -0.2) is 13.1 Å². The van der Waals surface area contributed by atoms with Gasteiger partial charge in [0.25, 0.3) is 0 Å². The summed E-state index contributed by atoms with van der Waals surface area (Å²) in [6.07, 6.45) is 0.334. The molecule has 1 aromatic carbocycles. The molecule has 4 N–H and O–H groups in total. The highest BCUT2D eigenvalue weighted by atomic mass is 32.2. The Balaban J connectivity index is 2.88. The molecule has 1 atom stereocenters. The third-order valence-electron chi connectivity index (χ3n) is 3.48. The molecule has 21 heavy (non-hydrogen) atoms. The summed E-state index contributed by atoms with van der Waals surface area (Å²) in [7, 11) is -2.19. The molecule has 0 heterocycles. The highest BCUT2D eigenvalue weighted by Crippen LogP contribution is 2.21. The molecule has 0 aliphatic heterocycles. The maximum absolute atomic E-state index is 12.3. The number of nitrogens with two attached hydrogens (primary N) is 1. The second-order valence-electron chi connectivity index (χ2n) is 5.52. The van der Waals surface area contributed by atoms with Crippen LogP contribution in [0.3, 0.4) is 0 Å². The van der Waals surface area contributed by atoms with E-state index in [0.717, 1.165) is 11.1 Å². The number of aliphatic hydroxyl groups is 1. The lowest BCUT2D eigenvalue weighted by molar-refractivity contribution is 0.0292. The SMILES string of the molecule is COCCC(C)(O)CNS(=O)(=O)c1cc(C)c(C)c(N)c1. The number of ether oxygens (including phenoxy) is 1. The van der Waals surface area contributed by atoms with E-state index in [-0.39, 0.29) is 11.4 Å². The van der Waals surface area contributed by atoms with Gasteiger partial charge in [-0.05, 0) is 44.0 Å². The lowest BCUT2D eigenvalue weighted by atomic mass is 10.0. The number of nitrogens with one attached hydrogen (secondary N) is 1. The number of sulfonamides is 1. The summed E-state index contributed by atoms with van der Waals surface area (Å²) in [6, 6.07) is 2.99. The van der Waals surface area contributed by atoms with E-state index in [1.54, 1.807) is 19.9 Å². The molecule has 1 rings (SSSR count). The molecular weight excluding hydrogens is 292 g/mol. The summed E-state index contributed by atoms with van der Waals surface area (Å²) < 4.78 is 31.8. The van der Waals surface area contributed by atoms with Gasteiger partial charge in [-0.1, -0.05) is 0 Å². The van der Waals surface area contributed by atoms with Gasteiger partial charge in [0.1, 0.15) is 0 Å². The number of benzene rings is 1. The Hall–Kier alpha value is -1.15. The van der Waals surface area contributed by atoms with Gasteiger partial charge in [0, 0.05) is 32.4 Å². The number of nitrogen functional groups attached to an aromatic ring is 1. The van der Waals surface area contributed by atoms with Crippen molar-refractivity contribution in [3.8, 4) is 0 Å². The van der Waals surface area contributed by atoms with Crippen LogP contribution in [0.25, 0.3) is 0 Å². The van der Waals surface area contributed by atoms with Crippen LogP contribution in [-0.2, 0) is 14.8 Å². The normalized spacial score (nSPS) is 14.9. The van der Waals surface area contributed by atoms with E-state index in [4.69, 9.17) is 10.5 Å². The minimum atomic E-state index is -3.71. The number of aryl methyl sites for hydroxylation is 1. The average Bonchev–Trinajstić information content (AvgIpc) is 2.40. The van der Waals surface area contributed by atoms with Gasteiger partial charge in [0.2, 0.25) is 10.0 Å². The fourth-order valence-corrected chi connectivity index (χ4v) is 3.03. The predicted molar refractivity (Wildman–Crippen MR) is 82.6 cm³/mol. The summed E-state index contributed by atoms with van der Waals surface area (Å²) in [6.45, 7) is 5.46. The molecule has 0 saturated carbocycles. The van der Waals surface area contributed by atoms with Crippen molar-refractivity contribution in [2.45, 2.75) is 37.7 Å². The van der Waals surface area contributed by atoms with Crippen LogP contribution < -0.4 is 10.5 Å². The first-order valence-corrected chi connectivity index (χ1v) is 8.15. The third kappa shape index (κ3) is 4.96. The van der Waals surface area contributed by atoms with Gasteiger partial charge >= 0.3 is 0 Å². The van der Waals surface area contributed by atoms with E-state index in [1.165, 1.54) is 13.2 Å². The molecule has 0 aliphatic carbocycles. The topological polar surface area (TPSA) is 102 Å². The van der Waals surface area contributed by atoms with Gasteiger partial charge in [-0.3, -0.25) is 0 Å².